The van der Waals surface area contributed by atoms with E-state index >= 15 is 0 Å². The first-order valence-electron chi connectivity index (χ1n) is 6.31. The monoisotopic (exact) mass is 237 g/mol. The lowest BCUT2D eigenvalue weighted by atomic mass is 9.85. The zero-order valence-corrected chi connectivity index (χ0v) is 10.3. The highest BCUT2D eigenvalue weighted by Crippen LogP contribution is 2.28. The molecule has 1 saturated carbocycles. The SMILES string of the molecule is Cc1cc(F)ccc1NCC1(O)CCCCC1. The van der Waals surface area contributed by atoms with Gasteiger partial charge < -0.3 is 10.4 Å². The summed E-state index contributed by atoms with van der Waals surface area (Å²) in [5.41, 5.74) is 1.20. The third kappa shape index (κ3) is 3.19. The maximum Gasteiger partial charge on any atom is 0.123 e. The van der Waals surface area contributed by atoms with E-state index in [-0.39, 0.29) is 5.82 Å². The summed E-state index contributed by atoms with van der Waals surface area (Å²) in [7, 11) is 0. The van der Waals surface area contributed by atoms with E-state index in [0.717, 1.165) is 36.9 Å². The average molecular weight is 237 g/mol. The van der Waals surface area contributed by atoms with Crippen LogP contribution in [-0.4, -0.2) is 17.3 Å². The lowest BCUT2D eigenvalue weighted by molar-refractivity contribution is 0.0167. The van der Waals surface area contributed by atoms with Gasteiger partial charge in [0.1, 0.15) is 5.82 Å². The number of aliphatic hydroxyl groups is 1. The summed E-state index contributed by atoms with van der Waals surface area (Å²) in [6.45, 7) is 2.43. The molecule has 0 amide bonds. The van der Waals surface area contributed by atoms with Gasteiger partial charge in [0.2, 0.25) is 0 Å². The summed E-state index contributed by atoms with van der Waals surface area (Å²) in [4.78, 5) is 0. The Morgan fingerprint density at radius 1 is 1.29 bits per heavy atom. The average Bonchev–Trinajstić information content (AvgIpc) is 2.29. The van der Waals surface area contributed by atoms with Crippen LogP contribution in [0.4, 0.5) is 10.1 Å². The maximum atomic E-state index is 12.9. The molecule has 17 heavy (non-hydrogen) atoms. The molecule has 1 aromatic carbocycles. The van der Waals surface area contributed by atoms with Crippen LogP contribution in [0.1, 0.15) is 37.7 Å². The zero-order valence-electron chi connectivity index (χ0n) is 10.3. The van der Waals surface area contributed by atoms with E-state index in [1.807, 2.05) is 6.92 Å². The predicted molar refractivity (Wildman–Crippen MR) is 67.7 cm³/mol. The number of benzene rings is 1. The van der Waals surface area contributed by atoms with E-state index in [1.165, 1.54) is 18.6 Å². The molecule has 0 unspecified atom stereocenters. The van der Waals surface area contributed by atoms with Crippen molar-refractivity contribution in [1.82, 2.24) is 0 Å². The normalized spacial score (nSPS) is 19.0. The molecule has 0 bridgehead atoms. The second kappa shape index (κ2) is 5.05. The summed E-state index contributed by atoms with van der Waals surface area (Å²) in [6.07, 6.45) is 5.14. The second-order valence-electron chi connectivity index (χ2n) is 5.10. The molecule has 0 spiro atoms. The van der Waals surface area contributed by atoms with Crippen LogP contribution < -0.4 is 5.32 Å². The van der Waals surface area contributed by atoms with Crippen molar-refractivity contribution in [1.29, 1.82) is 0 Å². The third-order valence-corrected chi connectivity index (χ3v) is 3.58. The smallest absolute Gasteiger partial charge is 0.123 e. The molecular formula is C14H20FNO. The Kier molecular flexibility index (Phi) is 3.67. The lowest BCUT2D eigenvalue weighted by Crippen LogP contribution is -2.38. The number of hydrogen-bond acceptors (Lipinski definition) is 2. The zero-order chi connectivity index (χ0) is 12.3. The van der Waals surface area contributed by atoms with Crippen molar-refractivity contribution in [3.05, 3.63) is 29.6 Å². The first kappa shape index (κ1) is 12.4. The van der Waals surface area contributed by atoms with Gasteiger partial charge in [-0.05, 0) is 43.5 Å². The molecule has 94 valence electrons. The van der Waals surface area contributed by atoms with Crippen LogP contribution in [0.5, 0.6) is 0 Å². The molecule has 0 saturated heterocycles. The number of halogens is 1. The Morgan fingerprint density at radius 3 is 2.65 bits per heavy atom. The number of rotatable bonds is 3. The molecule has 1 aliphatic carbocycles. The highest BCUT2D eigenvalue weighted by Gasteiger charge is 2.28. The van der Waals surface area contributed by atoms with E-state index in [4.69, 9.17) is 0 Å². The molecule has 2 N–H and O–H groups in total. The van der Waals surface area contributed by atoms with Crippen molar-refractivity contribution in [2.24, 2.45) is 0 Å². The molecule has 0 aliphatic heterocycles. The molecular weight excluding hydrogens is 217 g/mol. The van der Waals surface area contributed by atoms with Crippen molar-refractivity contribution in [2.45, 2.75) is 44.6 Å². The largest absolute Gasteiger partial charge is 0.388 e. The van der Waals surface area contributed by atoms with Gasteiger partial charge in [-0.1, -0.05) is 19.3 Å². The van der Waals surface area contributed by atoms with Gasteiger partial charge in [0.15, 0.2) is 0 Å². The summed E-state index contributed by atoms with van der Waals surface area (Å²) in [6, 6.07) is 4.68. The van der Waals surface area contributed by atoms with E-state index in [2.05, 4.69) is 5.32 Å². The van der Waals surface area contributed by atoms with Crippen LogP contribution in [0.2, 0.25) is 0 Å². The number of anilines is 1. The highest BCUT2D eigenvalue weighted by molar-refractivity contribution is 5.50. The Hall–Kier alpha value is -1.09. The maximum absolute atomic E-state index is 12.9. The van der Waals surface area contributed by atoms with Gasteiger partial charge in [0.25, 0.3) is 0 Å². The molecule has 0 radical (unpaired) electrons. The molecule has 1 aromatic rings. The van der Waals surface area contributed by atoms with Gasteiger partial charge in [-0.25, -0.2) is 4.39 Å². The topological polar surface area (TPSA) is 32.3 Å². The first-order chi connectivity index (χ1) is 8.09. The molecule has 3 heteroatoms. The van der Waals surface area contributed by atoms with Crippen LogP contribution in [0.3, 0.4) is 0 Å². The van der Waals surface area contributed by atoms with Crippen LogP contribution in [-0.2, 0) is 0 Å². The second-order valence-corrected chi connectivity index (χ2v) is 5.10. The molecule has 2 nitrogen and oxygen atoms in total. The van der Waals surface area contributed by atoms with Crippen LogP contribution >= 0.6 is 0 Å². The quantitative estimate of drug-likeness (QED) is 0.845. The minimum atomic E-state index is -0.584. The van der Waals surface area contributed by atoms with E-state index in [0.29, 0.717) is 6.54 Å². The minimum Gasteiger partial charge on any atom is -0.388 e. The molecule has 0 atom stereocenters. The Labute approximate surface area is 102 Å². The molecule has 0 aromatic heterocycles. The van der Waals surface area contributed by atoms with Crippen molar-refractivity contribution >= 4 is 5.69 Å². The fourth-order valence-corrected chi connectivity index (χ4v) is 2.47. The lowest BCUT2D eigenvalue weighted by Gasteiger charge is -2.32. The number of nitrogens with one attached hydrogen (secondary N) is 1. The van der Waals surface area contributed by atoms with Gasteiger partial charge in [0, 0.05) is 12.2 Å². The predicted octanol–water partition coefficient (Wildman–Crippen LogP) is 3.24. The fraction of sp³-hybridized carbons (Fsp3) is 0.571. The number of aryl methyl sites for hydroxylation is 1. The van der Waals surface area contributed by atoms with Crippen LogP contribution in [0, 0.1) is 12.7 Å². The molecule has 0 heterocycles. The van der Waals surface area contributed by atoms with Gasteiger partial charge in [0.05, 0.1) is 5.60 Å². The summed E-state index contributed by atoms with van der Waals surface area (Å²) < 4.78 is 12.9. The highest BCUT2D eigenvalue weighted by atomic mass is 19.1. The van der Waals surface area contributed by atoms with Crippen LogP contribution in [0.15, 0.2) is 18.2 Å². The van der Waals surface area contributed by atoms with Crippen molar-refractivity contribution in [2.75, 3.05) is 11.9 Å². The van der Waals surface area contributed by atoms with Gasteiger partial charge in [-0.2, -0.15) is 0 Å². The van der Waals surface area contributed by atoms with Crippen molar-refractivity contribution < 1.29 is 9.50 Å². The van der Waals surface area contributed by atoms with Crippen LogP contribution in [0.25, 0.3) is 0 Å². The summed E-state index contributed by atoms with van der Waals surface area (Å²) in [5, 5.41) is 13.6. The summed E-state index contributed by atoms with van der Waals surface area (Å²) >= 11 is 0. The first-order valence-corrected chi connectivity index (χ1v) is 6.31. The molecule has 2 rings (SSSR count). The molecule has 1 aliphatic rings. The van der Waals surface area contributed by atoms with E-state index in [1.54, 1.807) is 6.07 Å². The van der Waals surface area contributed by atoms with E-state index in [9.17, 15) is 9.50 Å². The number of hydrogen-bond donors (Lipinski definition) is 2. The van der Waals surface area contributed by atoms with Gasteiger partial charge >= 0.3 is 0 Å². The van der Waals surface area contributed by atoms with E-state index < -0.39 is 5.60 Å². The Morgan fingerprint density at radius 2 is 2.00 bits per heavy atom. The Bertz CT molecular complexity index is 386. The van der Waals surface area contributed by atoms with Gasteiger partial charge in [-0.3, -0.25) is 0 Å². The standard InChI is InChI=1S/C14H20FNO/c1-11-9-12(15)5-6-13(11)16-10-14(17)7-3-2-4-8-14/h5-6,9,16-17H,2-4,7-8,10H2,1H3. The molecule has 1 fully saturated rings. The summed E-state index contributed by atoms with van der Waals surface area (Å²) in [5.74, 6) is -0.218. The third-order valence-electron chi connectivity index (χ3n) is 3.58. The van der Waals surface area contributed by atoms with Gasteiger partial charge in [-0.15, -0.1) is 0 Å². The van der Waals surface area contributed by atoms with Crippen molar-refractivity contribution in [3.63, 3.8) is 0 Å². The Balaban J connectivity index is 1.97. The van der Waals surface area contributed by atoms with Crippen molar-refractivity contribution in [3.8, 4) is 0 Å². The fourth-order valence-electron chi connectivity index (χ4n) is 2.47. The minimum absolute atomic E-state index is 0.218.